The first-order valence-corrected chi connectivity index (χ1v) is 6.99. The van der Waals surface area contributed by atoms with Crippen molar-refractivity contribution in [2.75, 3.05) is 0 Å². The standard InChI is InChI=1S/C14H25B/c1-11-2-6-13(7-3-11)14-8-4-12(10-15)5-9-14/h11-14H,2-10H2,1H3. The fraction of sp³-hybridized carbons (Fsp3) is 1.00. The molecule has 0 bridgehead atoms. The first kappa shape index (κ1) is 11.5. The molecule has 2 fully saturated rings. The lowest BCUT2D eigenvalue weighted by atomic mass is 9.68. The van der Waals surface area contributed by atoms with E-state index < -0.39 is 0 Å². The summed E-state index contributed by atoms with van der Waals surface area (Å²) in [7, 11) is 5.75. The maximum Gasteiger partial charge on any atom is 0.0656 e. The molecule has 2 radical (unpaired) electrons. The third-order valence-corrected chi connectivity index (χ3v) is 4.95. The fourth-order valence-corrected chi connectivity index (χ4v) is 3.65. The van der Waals surface area contributed by atoms with E-state index in [0.717, 1.165) is 30.0 Å². The molecule has 0 heterocycles. The van der Waals surface area contributed by atoms with Gasteiger partial charge in [-0.1, -0.05) is 38.9 Å². The van der Waals surface area contributed by atoms with Crippen molar-refractivity contribution >= 4 is 7.85 Å². The minimum atomic E-state index is 0.851. The molecule has 1 heteroatoms. The zero-order valence-electron chi connectivity index (χ0n) is 10.3. The van der Waals surface area contributed by atoms with Crippen LogP contribution in [-0.2, 0) is 0 Å². The van der Waals surface area contributed by atoms with Gasteiger partial charge in [-0.3, -0.25) is 0 Å². The van der Waals surface area contributed by atoms with Gasteiger partial charge in [0.05, 0.1) is 7.85 Å². The van der Waals surface area contributed by atoms with Gasteiger partial charge in [0.15, 0.2) is 0 Å². The smallest absolute Gasteiger partial charge is 0.0656 e. The molecule has 2 aliphatic carbocycles. The molecule has 0 aromatic carbocycles. The van der Waals surface area contributed by atoms with Crippen LogP contribution in [0.4, 0.5) is 0 Å². The second-order valence-electron chi connectivity index (χ2n) is 6.04. The summed E-state index contributed by atoms with van der Waals surface area (Å²) >= 11 is 0. The minimum absolute atomic E-state index is 0.851. The first-order valence-electron chi connectivity index (χ1n) is 6.99. The van der Waals surface area contributed by atoms with E-state index >= 15 is 0 Å². The van der Waals surface area contributed by atoms with Gasteiger partial charge in [-0.05, 0) is 49.4 Å². The summed E-state index contributed by atoms with van der Waals surface area (Å²) in [6.45, 7) is 2.42. The number of hydrogen-bond acceptors (Lipinski definition) is 0. The third-order valence-electron chi connectivity index (χ3n) is 4.95. The van der Waals surface area contributed by atoms with Crippen molar-refractivity contribution in [1.29, 1.82) is 0 Å². The van der Waals surface area contributed by atoms with E-state index in [9.17, 15) is 0 Å². The Labute approximate surface area is 96.6 Å². The van der Waals surface area contributed by atoms with Gasteiger partial charge in [0.1, 0.15) is 0 Å². The molecule has 0 aromatic heterocycles. The van der Waals surface area contributed by atoms with Crippen LogP contribution < -0.4 is 0 Å². The van der Waals surface area contributed by atoms with Crippen LogP contribution >= 0.6 is 0 Å². The van der Waals surface area contributed by atoms with E-state index in [0.29, 0.717) is 0 Å². The van der Waals surface area contributed by atoms with E-state index in [-0.39, 0.29) is 0 Å². The SMILES string of the molecule is [B]CC1CCC(C2CCC(C)CC2)CC1. The Balaban J connectivity index is 1.75. The summed E-state index contributed by atoms with van der Waals surface area (Å²) in [5, 5.41) is 0. The van der Waals surface area contributed by atoms with Crippen LogP contribution in [-0.4, -0.2) is 7.85 Å². The monoisotopic (exact) mass is 204 g/mol. The first-order chi connectivity index (χ1) is 7.29. The average molecular weight is 204 g/mol. The third kappa shape index (κ3) is 3.01. The second kappa shape index (κ2) is 5.41. The maximum absolute atomic E-state index is 5.75. The van der Waals surface area contributed by atoms with E-state index in [1.807, 2.05) is 0 Å². The van der Waals surface area contributed by atoms with Crippen molar-refractivity contribution in [2.45, 2.75) is 64.6 Å². The summed E-state index contributed by atoms with van der Waals surface area (Å²) in [6.07, 6.45) is 12.7. The van der Waals surface area contributed by atoms with Gasteiger partial charge in [-0.25, -0.2) is 0 Å². The lowest BCUT2D eigenvalue weighted by molar-refractivity contribution is 0.155. The molecule has 0 unspecified atom stereocenters. The zero-order valence-corrected chi connectivity index (χ0v) is 10.3. The van der Waals surface area contributed by atoms with Crippen molar-refractivity contribution in [1.82, 2.24) is 0 Å². The number of hydrogen-bond donors (Lipinski definition) is 0. The van der Waals surface area contributed by atoms with Crippen molar-refractivity contribution in [3.05, 3.63) is 0 Å². The number of rotatable bonds is 2. The van der Waals surface area contributed by atoms with Crippen LogP contribution in [0.15, 0.2) is 0 Å². The lowest BCUT2D eigenvalue weighted by Gasteiger charge is -2.37. The molecule has 0 atom stereocenters. The van der Waals surface area contributed by atoms with Crippen molar-refractivity contribution in [3.8, 4) is 0 Å². The van der Waals surface area contributed by atoms with Crippen LogP contribution in [0.5, 0.6) is 0 Å². The summed E-state index contributed by atoms with van der Waals surface area (Å²) in [6, 6.07) is 0. The van der Waals surface area contributed by atoms with Gasteiger partial charge in [0.25, 0.3) is 0 Å². The summed E-state index contributed by atoms with van der Waals surface area (Å²) < 4.78 is 0. The van der Waals surface area contributed by atoms with Crippen LogP contribution in [0.25, 0.3) is 0 Å². The highest BCUT2D eigenvalue weighted by Crippen LogP contribution is 2.41. The van der Waals surface area contributed by atoms with Gasteiger partial charge in [0.2, 0.25) is 0 Å². The molecule has 2 aliphatic rings. The molecule has 0 spiro atoms. The lowest BCUT2D eigenvalue weighted by Crippen LogP contribution is -2.25. The molecule has 84 valence electrons. The van der Waals surface area contributed by atoms with E-state index in [1.165, 1.54) is 51.4 Å². The van der Waals surface area contributed by atoms with Crippen LogP contribution in [0.2, 0.25) is 6.32 Å². The predicted octanol–water partition coefficient (Wildman–Crippen LogP) is 4.21. The molecular weight excluding hydrogens is 179 g/mol. The molecule has 0 aromatic rings. The Morgan fingerprint density at radius 3 is 1.73 bits per heavy atom. The van der Waals surface area contributed by atoms with Crippen LogP contribution in [0.3, 0.4) is 0 Å². The van der Waals surface area contributed by atoms with Crippen LogP contribution in [0.1, 0.15) is 58.3 Å². The summed E-state index contributed by atoms with van der Waals surface area (Å²) in [5.74, 6) is 3.98. The minimum Gasteiger partial charge on any atom is -0.0859 e. The Hall–Kier alpha value is 0.0649. The molecule has 0 saturated heterocycles. The predicted molar refractivity (Wildman–Crippen MR) is 67.1 cm³/mol. The summed E-state index contributed by atoms with van der Waals surface area (Å²) in [5.41, 5.74) is 0. The molecular formula is C14H25B. The van der Waals surface area contributed by atoms with E-state index in [4.69, 9.17) is 7.85 Å². The fourth-order valence-electron chi connectivity index (χ4n) is 3.65. The molecule has 0 amide bonds. The highest BCUT2D eigenvalue weighted by molar-refractivity contribution is 6.08. The zero-order chi connectivity index (χ0) is 10.7. The Morgan fingerprint density at radius 1 is 0.800 bits per heavy atom. The van der Waals surface area contributed by atoms with Crippen molar-refractivity contribution < 1.29 is 0 Å². The largest absolute Gasteiger partial charge is 0.0859 e. The second-order valence-corrected chi connectivity index (χ2v) is 6.04. The van der Waals surface area contributed by atoms with Crippen molar-refractivity contribution in [3.63, 3.8) is 0 Å². The molecule has 2 rings (SSSR count). The molecule has 0 aliphatic heterocycles. The Bertz CT molecular complexity index is 174. The van der Waals surface area contributed by atoms with E-state index in [1.54, 1.807) is 0 Å². The highest BCUT2D eigenvalue weighted by Gasteiger charge is 2.29. The molecule has 0 N–H and O–H groups in total. The highest BCUT2D eigenvalue weighted by atomic mass is 14.3. The van der Waals surface area contributed by atoms with Gasteiger partial charge < -0.3 is 0 Å². The molecule has 2 saturated carbocycles. The Kier molecular flexibility index (Phi) is 4.17. The topological polar surface area (TPSA) is 0 Å². The van der Waals surface area contributed by atoms with Gasteiger partial charge in [0, 0.05) is 0 Å². The van der Waals surface area contributed by atoms with E-state index in [2.05, 4.69) is 6.92 Å². The molecule has 15 heavy (non-hydrogen) atoms. The van der Waals surface area contributed by atoms with Gasteiger partial charge in [-0.15, -0.1) is 0 Å². The van der Waals surface area contributed by atoms with Gasteiger partial charge >= 0.3 is 0 Å². The summed E-state index contributed by atoms with van der Waals surface area (Å²) in [4.78, 5) is 0. The van der Waals surface area contributed by atoms with Crippen LogP contribution in [0, 0.1) is 23.7 Å². The average Bonchev–Trinajstić information content (AvgIpc) is 2.30. The quantitative estimate of drug-likeness (QED) is 0.591. The van der Waals surface area contributed by atoms with Gasteiger partial charge in [-0.2, -0.15) is 0 Å². The van der Waals surface area contributed by atoms with Crippen molar-refractivity contribution in [2.24, 2.45) is 23.7 Å². The maximum atomic E-state index is 5.75. The molecule has 0 nitrogen and oxygen atoms in total. The Morgan fingerprint density at radius 2 is 1.27 bits per heavy atom. The normalized spacial score (nSPS) is 42.7.